The van der Waals surface area contributed by atoms with Crippen LogP contribution in [0.1, 0.15) is 39.5 Å². The highest BCUT2D eigenvalue weighted by molar-refractivity contribution is 7.89. The Hall–Kier alpha value is -0.660. The van der Waals surface area contributed by atoms with E-state index in [-0.39, 0.29) is 30.7 Å². The van der Waals surface area contributed by atoms with Crippen LogP contribution in [0.5, 0.6) is 0 Å². The normalized spacial score (nSPS) is 25.4. The van der Waals surface area contributed by atoms with E-state index < -0.39 is 16.0 Å². The smallest absolute Gasteiger partial charge is 0.303 e. The lowest BCUT2D eigenvalue weighted by Crippen LogP contribution is -2.58. The standard InChI is InChI=1S/C12H24N2O4S/c1-3-10-9-14(11(4-2)8-13-10)19(17,18)7-5-6-12(15)16/h10-11,13H,3-9H2,1-2H3,(H,15,16). The van der Waals surface area contributed by atoms with Crippen molar-refractivity contribution in [1.82, 2.24) is 9.62 Å². The second-order valence-corrected chi connectivity index (χ2v) is 7.00. The summed E-state index contributed by atoms with van der Waals surface area (Å²) in [6.45, 7) is 5.16. The van der Waals surface area contributed by atoms with Crippen molar-refractivity contribution in [2.45, 2.75) is 51.6 Å². The summed E-state index contributed by atoms with van der Waals surface area (Å²) in [5, 5.41) is 11.9. The van der Waals surface area contributed by atoms with Gasteiger partial charge in [-0.05, 0) is 19.3 Å². The minimum atomic E-state index is -3.35. The molecule has 0 saturated carbocycles. The van der Waals surface area contributed by atoms with E-state index in [1.54, 1.807) is 4.31 Å². The van der Waals surface area contributed by atoms with Gasteiger partial charge in [0.15, 0.2) is 0 Å². The van der Waals surface area contributed by atoms with Crippen molar-refractivity contribution in [2.24, 2.45) is 0 Å². The Bertz CT molecular complexity index is 397. The number of carboxylic acids is 1. The van der Waals surface area contributed by atoms with E-state index >= 15 is 0 Å². The van der Waals surface area contributed by atoms with Crippen molar-refractivity contribution < 1.29 is 18.3 Å². The first-order valence-electron chi connectivity index (χ1n) is 6.85. The second kappa shape index (κ2) is 7.21. The summed E-state index contributed by atoms with van der Waals surface area (Å²) in [5.74, 6) is -1.03. The van der Waals surface area contributed by atoms with Crippen molar-refractivity contribution in [1.29, 1.82) is 0 Å². The van der Waals surface area contributed by atoms with Crippen molar-refractivity contribution in [2.75, 3.05) is 18.8 Å². The molecule has 0 aromatic heterocycles. The molecule has 0 spiro atoms. The molecule has 6 nitrogen and oxygen atoms in total. The van der Waals surface area contributed by atoms with Gasteiger partial charge < -0.3 is 10.4 Å². The molecule has 1 aliphatic heterocycles. The van der Waals surface area contributed by atoms with Gasteiger partial charge in [0.2, 0.25) is 10.0 Å². The van der Waals surface area contributed by atoms with Gasteiger partial charge in [0.25, 0.3) is 0 Å². The van der Waals surface area contributed by atoms with E-state index in [4.69, 9.17) is 5.11 Å². The Morgan fingerprint density at radius 1 is 1.37 bits per heavy atom. The molecule has 19 heavy (non-hydrogen) atoms. The molecule has 1 aliphatic rings. The highest BCUT2D eigenvalue weighted by Crippen LogP contribution is 2.17. The molecule has 1 heterocycles. The molecule has 1 saturated heterocycles. The lowest BCUT2D eigenvalue weighted by molar-refractivity contribution is -0.137. The maximum Gasteiger partial charge on any atom is 0.303 e. The monoisotopic (exact) mass is 292 g/mol. The largest absolute Gasteiger partial charge is 0.481 e. The molecule has 0 aromatic rings. The predicted octanol–water partition coefficient (Wildman–Crippen LogP) is 0.643. The molecular formula is C12H24N2O4S. The number of nitrogens with one attached hydrogen (secondary N) is 1. The quantitative estimate of drug-likeness (QED) is 0.719. The summed E-state index contributed by atoms with van der Waals surface area (Å²) < 4.78 is 26.2. The van der Waals surface area contributed by atoms with Gasteiger partial charge in [-0.1, -0.05) is 13.8 Å². The maximum atomic E-state index is 12.3. The molecule has 0 aliphatic carbocycles. The van der Waals surface area contributed by atoms with Crippen molar-refractivity contribution in [3.05, 3.63) is 0 Å². The molecule has 0 radical (unpaired) electrons. The summed E-state index contributed by atoms with van der Waals surface area (Å²) >= 11 is 0. The van der Waals surface area contributed by atoms with Crippen molar-refractivity contribution in [3.63, 3.8) is 0 Å². The third-order valence-electron chi connectivity index (χ3n) is 3.56. The van der Waals surface area contributed by atoms with Crippen molar-refractivity contribution >= 4 is 16.0 Å². The van der Waals surface area contributed by atoms with Crippen LogP contribution < -0.4 is 5.32 Å². The van der Waals surface area contributed by atoms with Crippen molar-refractivity contribution in [3.8, 4) is 0 Å². The van der Waals surface area contributed by atoms with Crippen LogP contribution in [0.4, 0.5) is 0 Å². The third kappa shape index (κ3) is 4.74. The molecule has 1 fully saturated rings. The van der Waals surface area contributed by atoms with E-state index in [9.17, 15) is 13.2 Å². The average molecular weight is 292 g/mol. The van der Waals surface area contributed by atoms with Gasteiger partial charge in [-0.2, -0.15) is 4.31 Å². The van der Waals surface area contributed by atoms with E-state index in [1.165, 1.54) is 0 Å². The SMILES string of the molecule is CCC1CN(S(=O)(=O)CCCC(=O)O)C(CC)CN1. The molecule has 2 atom stereocenters. The molecule has 0 bridgehead atoms. The number of carbonyl (C=O) groups is 1. The van der Waals surface area contributed by atoms with E-state index in [0.717, 1.165) is 12.8 Å². The number of hydrogen-bond acceptors (Lipinski definition) is 4. The number of nitrogens with zero attached hydrogens (tertiary/aromatic N) is 1. The fraction of sp³-hybridized carbons (Fsp3) is 0.917. The zero-order chi connectivity index (χ0) is 14.5. The average Bonchev–Trinajstić information content (AvgIpc) is 2.37. The van der Waals surface area contributed by atoms with Gasteiger partial charge in [0.05, 0.1) is 5.75 Å². The highest BCUT2D eigenvalue weighted by Gasteiger charge is 2.34. The van der Waals surface area contributed by atoms with Crippen LogP contribution >= 0.6 is 0 Å². The van der Waals surface area contributed by atoms with E-state index in [0.29, 0.717) is 13.1 Å². The zero-order valence-electron chi connectivity index (χ0n) is 11.6. The Morgan fingerprint density at radius 2 is 2.05 bits per heavy atom. The summed E-state index contributed by atoms with van der Waals surface area (Å²) in [6, 6.07) is 0.176. The third-order valence-corrected chi connectivity index (χ3v) is 5.53. The topological polar surface area (TPSA) is 86.7 Å². The van der Waals surface area contributed by atoms with Crippen LogP contribution in [0.15, 0.2) is 0 Å². The predicted molar refractivity (Wildman–Crippen MR) is 73.5 cm³/mol. The highest BCUT2D eigenvalue weighted by atomic mass is 32.2. The zero-order valence-corrected chi connectivity index (χ0v) is 12.4. The number of rotatable bonds is 7. The number of carboxylic acid groups (broad SMARTS) is 1. The Labute approximate surface area is 115 Å². The number of hydrogen-bond donors (Lipinski definition) is 2. The molecule has 1 rings (SSSR count). The second-order valence-electron chi connectivity index (χ2n) is 4.96. The summed E-state index contributed by atoms with van der Waals surface area (Å²) in [4.78, 5) is 10.5. The fourth-order valence-electron chi connectivity index (χ4n) is 2.32. The van der Waals surface area contributed by atoms with Gasteiger partial charge in [-0.25, -0.2) is 8.42 Å². The van der Waals surface area contributed by atoms with Gasteiger partial charge in [0, 0.05) is 31.6 Å². The summed E-state index contributed by atoms with van der Waals surface area (Å²) in [5.41, 5.74) is 0. The van der Waals surface area contributed by atoms with Crippen LogP contribution in [-0.4, -0.2) is 54.7 Å². The first-order valence-corrected chi connectivity index (χ1v) is 8.46. The Balaban J connectivity index is 2.68. The lowest BCUT2D eigenvalue weighted by atomic mass is 10.1. The minimum Gasteiger partial charge on any atom is -0.481 e. The van der Waals surface area contributed by atoms with Crippen LogP contribution in [0.2, 0.25) is 0 Å². The summed E-state index contributed by atoms with van der Waals surface area (Å²) in [7, 11) is -3.35. The molecule has 0 amide bonds. The molecule has 7 heteroatoms. The molecule has 0 aromatic carbocycles. The first-order chi connectivity index (χ1) is 8.90. The summed E-state index contributed by atoms with van der Waals surface area (Å²) in [6.07, 6.45) is 1.73. The van der Waals surface area contributed by atoms with Crippen LogP contribution in [0.25, 0.3) is 0 Å². The fourth-order valence-corrected chi connectivity index (χ4v) is 4.15. The van der Waals surface area contributed by atoms with Gasteiger partial charge >= 0.3 is 5.97 Å². The van der Waals surface area contributed by atoms with Gasteiger partial charge in [-0.15, -0.1) is 0 Å². The van der Waals surface area contributed by atoms with Gasteiger partial charge in [0.1, 0.15) is 0 Å². The molecule has 2 N–H and O–H groups in total. The molecular weight excluding hydrogens is 268 g/mol. The first kappa shape index (κ1) is 16.4. The molecule has 112 valence electrons. The Kier molecular flexibility index (Phi) is 6.22. The van der Waals surface area contributed by atoms with Crippen LogP contribution in [-0.2, 0) is 14.8 Å². The van der Waals surface area contributed by atoms with Crippen LogP contribution in [0.3, 0.4) is 0 Å². The van der Waals surface area contributed by atoms with E-state index in [1.807, 2.05) is 13.8 Å². The number of sulfonamides is 1. The lowest BCUT2D eigenvalue weighted by Gasteiger charge is -2.38. The molecule has 2 unspecified atom stereocenters. The van der Waals surface area contributed by atoms with Crippen LogP contribution in [0, 0.1) is 0 Å². The Morgan fingerprint density at radius 3 is 2.58 bits per heavy atom. The minimum absolute atomic E-state index is 0.0161. The number of piperazine rings is 1. The maximum absolute atomic E-state index is 12.3. The van der Waals surface area contributed by atoms with E-state index in [2.05, 4.69) is 5.32 Å². The van der Waals surface area contributed by atoms with Gasteiger partial charge in [-0.3, -0.25) is 4.79 Å². The number of aliphatic carboxylic acids is 1.